The summed E-state index contributed by atoms with van der Waals surface area (Å²) in [6.45, 7) is 3.20. The van der Waals surface area contributed by atoms with Crippen molar-refractivity contribution >= 4 is 17.6 Å². The molecule has 1 N–H and O–H groups in total. The van der Waals surface area contributed by atoms with Gasteiger partial charge in [-0.1, -0.05) is 30.3 Å². The summed E-state index contributed by atoms with van der Waals surface area (Å²) < 4.78 is 32.0. The third kappa shape index (κ3) is 4.38. The Morgan fingerprint density at radius 2 is 1.71 bits per heavy atom. The van der Waals surface area contributed by atoms with E-state index in [1.165, 1.54) is 13.0 Å². The van der Waals surface area contributed by atoms with Gasteiger partial charge in [-0.2, -0.15) is 0 Å². The summed E-state index contributed by atoms with van der Waals surface area (Å²) in [7, 11) is 0. The Morgan fingerprint density at radius 1 is 1.08 bits per heavy atom. The van der Waals surface area contributed by atoms with Gasteiger partial charge in [-0.25, -0.2) is 8.78 Å². The fourth-order valence-corrected chi connectivity index (χ4v) is 2.10. The molecular weight excluding hydrogens is 316 g/mol. The third-order valence-electron chi connectivity index (χ3n) is 3.48. The molecule has 0 aliphatic rings. The minimum atomic E-state index is -1.18. The van der Waals surface area contributed by atoms with Crippen molar-refractivity contribution < 1.29 is 23.1 Å². The molecule has 6 heteroatoms. The zero-order valence-corrected chi connectivity index (χ0v) is 13.3. The maximum absolute atomic E-state index is 13.5. The molecule has 0 unspecified atom stereocenters. The zero-order chi connectivity index (χ0) is 17.7. The molecule has 0 bridgehead atoms. The predicted octanol–water partition coefficient (Wildman–Crippen LogP) is 3.39. The predicted molar refractivity (Wildman–Crippen MR) is 85.4 cm³/mol. The van der Waals surface area contributed by atoms with Crippen molar-refractivity contribution in [2.24, 2.45) is 0 Å². The highest BCUT2D eigenvalue weighted by Crippen LogP contribution is 2.18. The Kier molecular flexibility index (Phi) is 5.63. The monoisotopic (exact) mass is 333 g/mol. The van der Waals surface area contributed by atoms with E-state index in [4.69, 9.17) is 4.74 Å². The molecule has 0 saturated heterocycles. The summed E-state index contributed by atoms with van der Waals surface area (Å²) in [6, 6.07) is 10.5. The number of anilines is 1. The van der Waals surface area contributed by atoms with E-state index in [1.807, 2.05) is 19.1 Å². The van der Waals surface area contributed by atoms with Gasteiger partial charge in [0, 0.05) is 0 Å². The summed E-state index contributed by atoms with van der Waals surface area (Å²) in [5.41, 5.74) is 1.15. The summed E-state index contributed by atoms with van der Waals surface area (Å²) >= 11 is 0. The number of rotatable bonds is 5. The van der Waals surface area contributed by atoms with Gasteiger partial charge in [0.2, 0.25) is 0 Å². The molecule has 2 aromatic carbocycles. The van der Waals surface area contributed by atoms with Crippen molar-refractivity contribution in [3.05, 3.63) is 65.2 Å². The van der Waals surface area contributed by atoms with E-state index in [-0.39, 0.29) is 6.42 Å². The highest BCUT2D eigenvalue weighted by molar-refractivity contribution is 5.95. The van der Waals surface area contributed by atoms with Crippen molar-refractivity contribution in [1.82, 2.24) is 0 Å². The number of esters is 1. The van der Waals surface area contributed by atoms with E-state index >= 15 is 0 Å². The van der Waals surface area contributed by atoms with Crippen molar-refractivity contribution in [1.29, 1.82) is 0 Å². The molecule has 0 spiro atoms. The quantitative estimate of drug-likeness (QED) is 0.854. The molecule has 0 fully saturated rings. The normalized spacial score (nSPS) is 11.7. The van der Waals surface area contributed by atoms with Crippen LogP contribution in [0.1, 0.15) is 18.1 Å². The van der Waals surface area contributed by atoms with Crippen LogP contribution < -0.4 is 5.32 Å². The molecule has 24 heavy (non-hydrogen) atoms. The number of hydrogen-bond acceptors (Lipinski definition) is 3. The van der Waals surface area contributed by atoms with Gasteiger partial charge in [0.1, 0.15) is 17.3 Å². The number of hydrogen-bond donors (Lipinski definition) is 1. The largest absolute Gasteiger partial charge is 0.452 e. The lowest BCUT2D eigenvalue weighted by molar-refractivity contribution is -0.152. The van der Waals surface area contributed by atoms with Crippen LogP contribution in [-0.2, 0) is 20.7 Å². The lowest BCUT2D eigenvalue weighted by atomic mass is 10.1. The van der Waals surface area contributed by atoms with Gasteiger partial charge < -0.3 is 10.1 Å². The number of ether oxygens (including phenoxy) is 1. The number of benzene rings is 2. The van der Waals surface area contributed by atoms with Crippen LogP contribution >= 0.6 is 0 Å². The number of nitrogens with one attached hydrogen (secondary N) is 1. The van der Waals surface area contributed by atoms with E-state index in [0.717, 1.165) is 23.3 Å². The number of amides is 1. The minimum Gasteiger partial charge on any atom is -0.452 e. The molecule has 4 nitrogen and oxygen atoms in total. The van der Waals surface area contributed by atoms with E-state index < -0.39 is 35.3 Å². The van der Waals surface area contributed by atoms with Crippen molar-refractivity contribution in [2.75, 3.05) is 5.32 Å². The molecular formula is C18H17F2NO3. The molecule has 126 valence electrons. The van der Waals surface area contributed by atoms with Crippen molar-refractivity contribution in [2.45, 2.75) is 26.4 Å². The van der Waals surface area contributed by atoms with Gasteiger partial charge in [0.05, 0.1) is 6.42 Å². The second-order valence-electron chi connectivity index (χ2n) is 5.32. The van der Waals surface area contributed by atoms with Crippen LogP contribution in [0.5, 0.6) is 0 Å². The lowest BCUT2D eigenvalue weighted by Gasteiger charge is -2.14. The number of carbonyl (C=O) groups is 2. The van der Waals surface area contributed by atoms with Gasteiger partial charge in [-0.05, 0) is 37.1 Å². The standard InChI is InChI=1S/C18H17F2NO3/c1-11-6-3-4-7-13(11)10-16(22)24-12(2)18(23)21-17-14(19)8-5-9-15(17)20/h3-9,12H,10H2,1-2H3,(H,21,23)/t12-/m1/s1. The van der Waals surface area contributed by atoms with Crippen LogP contribution in [0.15, 0.2) is 42.5 Å². The van der Waals surface area contributed by atoms with Crippen LogP contribution in [0.25, 0.3) is 0 Å². The molecule has 0 aliphatic heterocycles. The molecule has 0 radical (unpaired) electrons. The van der Waals surface area contributed by atoms with E-state index in [9.17, 15) is 18.4 Å². The van der Waals surface area contributed by atoms with Crippen LogP contribution in [-0.4, -0.2) is 18.0 Å². The van der Waals surface area contributed by atoms with Gasteiger partial charge >= 0.3 is 5.97 Å². The van der Waals surface area contributed by atoms with Crippen molar-refractivity contribution in [3.63, 3.8) is 0 Å². The molecule has 2 aromatic rings. The van der Waals surface area contributed by atoms with Gasteiger partial charge in [0.15, 0.2) is 6.10 Å². The molecule has 1 amide bonds. The Bertz CT molecular complexity index is 741. The first-order valence-corrected chi connectivity index (χ1v) is 7.37. The lowest BCUT2D eigenvalue weighted by Crippen LogP contribution is -2.31. The molecule has 0 aromatic heterocycles. The van der Waals surface area contributed by atoms with Crippen LogP contribution in [0, 0.1) is 18.6 Å². The molecule has 0 heterocycles. The highest BCUT2D eigenvalue weighted by Gasteiger charge is 2.21. The summed E-state index contributed by atoms with van der Waals surface area (Å²) in [5.74, 6) is -3.21. The summed E-state index contributed by atoms with van der Waals surface area (Å²) in [6.07, 6.45) is -1.17. The fraction of sp³-hybridized carbons (Fsp3) is 0.222. The average molecular weight is 333 g/mol. The van der Waals surface area contributed by atoms with Gasteiger partial charge in [-0.15, -0.1) is 0 Å². The highest BCUT2D eigenvalue weighted by atomic mass is 19.1. The molecule has 0 saturated carbocycles. The topological polar surface area (TPSA) is 55.4 Å². The third-order valence-corrected chi connectivity index (χ3v) is 3.48. The Balaban J connectivity index is 1.96. The Morgan fingerprint density at radius 3 is 2.33 bits per heavy atom. The summed E-state index contributed by atoms with van der Waals surface area (Å²) in [5, 5.41) is 2.09. The number of para-hydroxylation sites is 1. The Hall–Kier alpha value is -2.76. The van der Waals surface area contributed by atoms with Crippen LogP contribution in [0.4, 0.5) is 14.5 Å². The second kappa shape index (κ2) is 7.68. The maximum atomic E-state index is 13.5. The van der Waals surface area contributed by atoms with Gasteiger partial charge in [-0.3, -0.25) is 9.59 Å². The van der Waals surface area contributed by atoms with Crippen molar-refractivity contribution in [3.8, 4) is 0 Å². The number of aryl methyl sites for hydroxylation is 1. The zero-order valence-electron chi connectivity index (χ0n) is 13.3. The van der Waals surface area contributed by atoms with E-state index in [2.05, 4.69) is 5.32 Å². The molecule has 2 rings (SSSR count). The number of halogens is 2. The first-order valence-electron chi connectivity index (χ1n) is 7.37. The maximum Gasteiger partial charge on any atom is 0.311 e. The average Bonchev–Trinajstić information content (AvgIpc) is 2.53. The van der Waals surface area contributed by atoms with E-state index in [0.29, 0.717) is 0 Å². The van der Waals surface area contributed by atoms with E-state index in [1.54, 1.807) is 12.1 Å². The SMILES string of the molecule is Cc1ccccc1CC(=O)O[C@H](C)C(=O)Nc1c(F)cccc1F. The minimum absolute atomic E-state index is 0.0123. The summed E-state index contributed by atoms with van der Waals surface area (Å²) in [4.78, 5) is 23.9. The molecule has 1 atom stereocenters. The second-order valence-corrected chi connectivity index (χ2v) is 5.32. The van der Waals surface area contributed by atoms with Crippen LogP contribution in [0.3, 0.4) is 0 Å². The van der Waals surface area contributed by atoms with Gasteiger partial charge in [0.25, 0.3) is 5.91 Å². The Labute approximate surface area is 138 Å². The molecule has 0 aliphatic carbocycles. The van der Waals surface area contributed by atoms with Crippen LogP contribution in [0.2, 0.25) is 0 Å². The smallest absolute Gasteiger partial charge is 0.311 e. The fourth-order valence-electron chi connectivity index (χ4n) is 2.10. The first kappa shape index (κ1) is 17.6. The number of carbonyl (C=O) groups excluding carboxylic acids is 2. The first-order chi connectivity index (χ1) is 11.4.